The van der Waals surface area contributed by atoms with Crippen LogP contribution in [0.15, 0.2) is 36.4 Å². The van der Waals surface area contributed by atoms with E-state index in [1.807, 2.05) is 0 Å². The molecule has 0 N–H and O–H groups in total. The predicted molar refractivity (Wildman–Crippen MR) is 91.3 cm³/mol. The number of allylic oxidation sites excluding steroid dienone is 1. The van der Waals surface area contributed by atoms with Gasteiger partial charge in [0.05, 0.1) is 0 Å². The van der Waals surface area contributed by atoms with Crippen LogP contribution in [0.5, 0.6) is 0 Å². The van der Waals surface area contributed by atoms with Crippen LogP contribution in [-0.2, 0) is 0 Å². The fourth-order valence-corrected chi connectivity index (χ4v) is 2.66. The molecule has 0 aliphatic rings. The summed E-state index contributed by atoms with van der Waals surface area (Å²) in [5, 5.41) is 0. The van der Waals surface area contributed by atoms with Crippen molar-refractivity contribution in [2.45, 2.75) is 72.6 Å². The maximum atomic E-state index is 4.35. The largest absolute Gasteiger partial charge is 0.0993 e. The van der Waals surface area contributed by atoms with Crippen LogP contribution in [0.4, 0.5) is 0 Å². The first kappa shape index (κ1) is 17.0. The molecule has 0 amide bonds. The normalized spacial score (nSPS) is 13.2. The monoisotopic (exact) mass is 272 g/mol. The van der Waals surface area contributed by atoms with Crippen molar-refractivity contribution < 1.29 is 0 Å². The van der Waals surface area contributed by atoms with Gasteiger partial charge in [-0.1, -0.05) is 83.4 Å². The standard InChI is InChI=1S/C20H32/c1-7-8-9-13-18(15-17(3)20(4,5)6)19-14-11-10-12-16(19)2/h10-12,14,18H,3,7-9,13,15H2,1-2,4-6H3. The molecule has 0 heteroatoms. The van der Waals surface area contributed by atoms with Gasteiger partial charge in [-0.05, 0) is 42.2 Å². The molecule has 1 aromatic carbocycles. The Morgan fingerprint density at radius 3 is 2.35 bits per heavy atom. The van der Waals surface area contributed by atoms with Crippen molar-refractivity contribution in [3.05, 3.63) is 47.5 Å². The minimum absolute atomic E-state index is 0.214. The minimum atomic E-state index is 0.214. The van der Waals surface area contributed by atoms with Crippen LogP contribution in [0.3, 0.4) is 0 Å². The second-order valence-electron chi connectivity index (χ2n) is 7.11. The number of aryl methyl sites for hydroxylation is 1. The van der Waals surface area contributed by atoms with E-state index < -0.39 is 0 Å². The van der Waals surface area contributed by atoms with E-state index in [2.05, 4.69) is 65.5 Å². The SMILES string of the molecule is C=C(CC(CCCCC)c1ccccc1C)C(C)(C)C. The molecular formula is C20H32. The Hall–Kier alpha value is -1.04. The van der Waals surface area contributed by atoms with Crippen molar-refractivity contribution >= 4 is 0 Å². The molecule has 0 nitrogen and oxygen atoms in total. The quantitative estimate of drug-likeness (QED) is 0.385. The van der Waals surface area contributed by atoms with E-state index in [1.165, 1.54) is 42.4 Å². The van der Waals surface area contributed by atoms with Gasteiger partial charge in [-0.3, -0.25) is 0 Å². The molecule has 0 radical (unpaired) electrons. The average molecular weight is 272 g/mol. The number of unbranched alkanes of at least 4 members (excludes halogenated alkanes) is 2. The molecule has 1 rings (SSSR count). The topological polar surface area (TPSA) is 0 Å². The Balaban J connectivity index is 2.86. The zero-order valence-electron chi connectivity index (χ0n) is 14.1. The highest BCUT2D eigenvalue weighted by Crippen LogP contribution is 2.36. The summed E-state index contributed by atoms with van der Waals surface area (Å²) in [4.78, 5) is 0. The van der Waals surface area contributed by atoms with Gasteiger partial charge in [-0.25, -0.2) is 0 Å². The molecule has 0 saturated carbocycles. The Morgan fingerprint density at radius 2 is 1.80 bits per heavy atom. The average Bonchev–Trinajstić information content (AvgIpc) is 2.37. The summed E-state index contributed by atoms with van der Waals surface area (Å²) in [7, 11) is 0. The molecule has 0 aromatic heterocycles. The van der Waals surface area contributed by atoms with E-state index in [-0.39, 0.29) is 5.41 Å². The van der Waals surface area contributed by atoms with E-state index in [0.717, 1.165) is 6.42 Å². The maximum Gasteiger partial charge on any atom is -0.0122 e. The molecule has 20 heavy (non-hydrogen) atoms. The third kappa shape index (κ3) is 5.15. The van der Waals surface area contributed by atoms with E-state index in [0.29, 0.717) is 5.92 Å². The van der Waals surface area contributed by atoms with Crippen LogP contribution in [0, 0.1) is 12.3 Å². The van der Waals surface area contributed by atoms with Crippen LogP contribution in [0.25, 0.3) is 0 Å². The Morgan fingerprint density at radius 1 is 1.15 bits per heavy atom. The second-order valence-corrected chi connectivity index (χ2v) is 7.11. The molecular weight excluding hydrogens is 240 g/mol. The van der Waals surface area contributed by atoms with Crippen LogP contribution in [0.1, 0.15) is 76.8 Å². The molecule has 112 valence electrons. The van der Waals surface area contributed by atoms with Crippen molar-refractivity contribution in [2.75, 3.05) is 0 Å². The summed E-state index contributed by atoms with van der Waals surface area (Å²) >= 11 is 0. The fraction of sp³-hybridized carbons (Fsp3) is 0.600. The number of hydrogen-bond acceptors (Lipinski definition) is 0. The van der Waals surface area contributed by atoms with Crippen LogP contribution >= 0.6 is 0 Å². The molecule has 0 bridgehead atoms. The molecule has 0 heterocycles. The van der Waals surface area contributed by atoms with Crippen molar-refractivity contribution in [2.24, 2.45) is 5.41 Å². The lowest BCUT2D eigenvalue weighted by Crippen LogP contribution is -2.12. The highest BCUT2D eigenvalue weighted by molar-refractivity contribution is 5.30. The summed E-state index contributed by atoms with van der Waals surface area (Å²) in [6.07, 6.45) is 6.36. The third-order valence-corrected chi connectivity index (χ3v) is 4.34. The summed E-state index contributed by atoms with van der Waals surface area (Å²) in [5.41, 5.74) is 4.54. The summed E-state index contributed by atoms with van der Waals surface area (Å²) in [5.74, 6) is 0.634. The highest BCUT2D eigenvalue weighted by Gasteiger charge is 2.21. The zero-order chi connectivity index (χ0) is 15.2. The van der Waals surface area contributed by atoms with Crippen LogP contribution in [-0.4, -0.2) is 0 Å². The lowest BCUT2D eigenvalue weighted by Gasteiger charge is -2.27. The van der Waals surface area contributed by atoms with Crippen LogP contribution in [0.2, 0.25) is 0 Å². The van der Waals surface area contributed by atoms with Gasteiger partial charge in [0, 0.05) is 0 Å². The second kappa shape index (κ2) is 7.67. The van der Waals surface area contributed by atoms with Gasteiger partial charge in [0.25, 0.3) is 0 Å². The molecule has 0 aliphatic heterocycles. The Labute approximate surface area is 126 Å². The van der Waals surface area contributed by atoms with Gasteiger partial charge in [0.2, 0.25) is 0 Å². The fourth-order valence-electron chi connectivity index (χ4n) is 2.66. The first-order chi connectivity index (χ1) is 9.36. The summed E-state index contributed by atoms with van der Waals surface area (Å²) in [6.45, 7) is 15.7. The van der Waals surface area contributed by atoms with E-state index in [4.69, 9.17) is 0 Å². The lowest BCUT2D eigenvalue weighted by atomic mass is 9.78. The first-order valence-corrected chi connectivity index (χ1v) is 8.10. The Kier molecular flexibility index (Phi) is 6.52. The molecule has 1 atom stereocenters. The molecule has 0 spiro atoms. The van der Waals surface area contributed by atoms with Gasteiger partial charge in [-0.15, -0.1) is 0 Å². The maximum absolute atomic E-state index is 4.35. The molecule has 0 fully saturated rings. The molecule has 0 saturated heterocycles. The zero-order valence-corrected chi connectivity index (χ0v) is 14.1. The van der Waals surface area contributed by atoms with Gasteiger partial charge >= 0.3 is 0 Å². The predicted octanol–water partition coefficient (Wildman–Crippen LogP) is 6.65. The first-order valence-electron chi connectivity index (χ1n) is 8.10. The molecule has 1 aromatic rings. The van der Waals surface area contributed by atoms with Crippen molar-refractivity contribution in [1.82, 2.24) is 0 Å². The Bertz CT molecular complexity index is 420. The van der Waals surface area contributed by atoms with Crippen molar-refractivity contribution in [3.63, 3.8) is 0 Å². The van der Waals surface area contributed by atoms with E-state index in [1.54, 1.807) is 0 Å². The van der Waals surface area contributed by atoms with Crippen molar-refractivity contribution in [3.8, 4) is 0 Å². The van der Waals surface area contributed by atoms with Gasteiger partial charge < -0.3 is 0 Å². The van der Waals surface area contributed by atoms with Crippen LogP contribution < -0.4 is 0 Å². The van der Waals surface area contributed by atoms with Gasteiger partial charge in [-0.2, -0.15) is 0 Å². The number of hydrogen-bond donors (Lipinski definition) is 0. The molecule has 1 unspecified atom stereocenters. The number of rotatable bonds is 7. The van der Waals surface area contributed by atoms with Gasteiger partial charge in [0.1, 0.15) is 0 Å². The summed E-state index contributed by atoms with van der Waals surface area (Å²) in [6, 6.07) is 8.86. The summed E-state index contributed by atoms with van der Waals surface area (Å²) < 4.78 is 0. The van der Waals surface area contributed by atoms with Gasteiger partial charge in [0.15, 0.2) is 0 Å². The smallest absolute Gasteiger partial charge is 0.0122 e. The van der Waals surface area contributed by atoms with Crippen molar-refractivity contribution in [1.29, 1.82) is 0 Å². The lowest BCUT2D eigenvalue weighted by molar-refractivity contribution is 0.452. The van der Waals surface area contributed by atoms with E-state index in [9.17, 15) is 0 Å². The van der Waals surface area contributed by atoms with E-state index >= 15 is 0 Å². The molecule has 0 aliphatic carbocycles. The highest BCUT2D eigenvalue weighted by atomic mass is 14.3. The number of benzene rings is 1. The minimum Gasteiger partial charge on any atom is -0.0993 e. The third-order valence-electron chi connectivity index (χ3n) is 4.34.